The molecule has 5 heteroatoms. The molecular formula is C14H13N3O2. The number of nitrogens with zero attached hydrogens (tertiary/aromatic N) is 1. The Kier molecular flexibility index (Phi) is 4.23. The molecule has 19 heavy (non-hydrogen) atoms. The van der Waals surface area contributed by atoms with E-state index < -0.39 is 0 Å². The van der Waals surface area contributed by atoms with Gasteiger partial charge in [0.1, 0.15) is 0 Å². The number of amides is 2. The molecule has 0 atom stereocenters. The number of anilines is 1. The second-order valence-electron chi connectivity index (χ2n) is 3.84. The number of hydrogen-bond acceptors (Lipinski definition) is 3. The molecule has 1 aromatic carbocycles. The Bertz CT molecular complexity index is 555. The van der Waals surface area contributed by atoms with E-state index in [-0.39, 0.29) is 18.4 Å². The Hall–Kier alpha value is -2.69. The standard InChI is InChI=1S/C14H13N3O2/c18-13(17-12-7-4-8-15-9-12)10-16-14(19)11-5-2-1-3-6-11/h1-9H,10H2,(H,16,19)(H,17,18). The molecule has 5 nitrogen and oxygen atoms in total. The molecule has 96 valence electrons. The highest BCUT2D eigenvalue weighted by Gasteiger charge is 2.07. The first kappa shape index (κ1) is 12.8. The molecule has 2 rings (SSSR count). The van der Waals surface area contributed by atoms with E-state index >= 15 is 0 Å². The molecule has 0 aliphatic carbocycles. The molecule has 2 N–H and O–H groups in total. The van der Waals surface area contributed by atoms with Gasteiger partial charge in [0, 0.05) is 11.8 Å². The molecule has 0 aliphatic rings. The monoisotopic (exact) mass is 255 g/mol. The lowest BCUT2D eigenvalue weighted by atomic mass is 10.2. The Labute approximate surface area is 110 Å². The van der Waals surface area contributed by atoms with Crippen molar-refractivity contribution in [1.29, 1.82) is 0 Å². The molecule has 0 bridgehead atoms. The summed E-state index contributed by atoms with van der Waals surface area (Å²) in [5, 5.41) is 5.18. The highest BCUT2D eigenvalue weighted by molar-refractivity contribution is 5.99. The molecule has 1 aromatic heterocycles. The van der Waals surface area contributed by atoms with Gasteiger partial charge in [-0.1, -0.05) is 18.2 Å². The van der Waals surface area contributed by atoms with Gasteiger partial charge in [0.25, 0.3) is 5.91 Å². The third-order valence-electron chi connectivity index (χ3n) is 2.39. The van der Waals surface area contributed by atoms with Crippen molar-refractivity contribution in [2.24, 2.45) is 0 Å². The van der Waals surface area contributed by atoms with E-state index in [2.05, 4.69) is 15.6 Å². The van der Waals surface area contributed by atoms with Gasteiger partial charge >= 0.3 is 0 Å². The molecule has 0 saturated carbocycles. The Balaban J connectivity index is 1.83. The van der Waals surface area contributed by atoms with Crippen molar-refractivity contribution in [3.05, 3.63) is 60.4 Å². The van der Waals surface area contributed by atoms with Crippen molar-refractivity contribution in [3.63, 3.8) is 0 Å². The summed E-state index contributed by atoms with van der Waals surface area (Å²) in [6.07, 6.45) is 3.16. The first-order chi connectivity index (χ1) is 9.25. The zero-order valence-corrected chi connectivity index (χ0v) is 10.2. The van der Waals surface area contributed by atoms with E-state index in [1.165, 1.54) is 6.20 Å². The van der Waals surface area contributed by atoms with Gasteiger partial charge in [-0.25, -0.2) is 0 Å². The average Bonchev–Trinajstić information content (AvgIpc) is 2.47. The van der Waals surface area contributed by atoms with Crippen LogP contribution in [0.2, 0.25) is 0 Å². The molecule has 0 spiro atoms. The van der Waals surface area contributed by atoms with Gasteiger partial charge < -0.3 is 10.6 Å². The lowest BCUT2D eigenvalue weighted by molar-refractivity contribution is -0.115. The highest BCUT2D eigenvalue weighted by Crippen LogP contribution is 2.02. The normalized spacial score (nSPS) is 9.68. The van der Waals surface area contributed by atoms with Crippen LogP contribution in [0.1, 0.15) is 10.4 Å². The summed E-state index contributed by atoms with van der Waals surface area (Å²) < 4.78 is 0. The minimum Gasteiger partial charge on any atom is -0.343 e. The van der Waals surface area contributed by atoms with E-state index in [4.69, 9.17) is 0 Å². The van der Waals surface area contributed by atoms with Crippen LogP contribution < -0.4 is 10.6 Å². The fraction of sp³-hybridized carbons (Fsp3) is 0.0714. The zero-order chi connectivity index (χ0) is 13.5. The van der Waals surface area contributed by atoms with Crippen LogP contribution in [-0.4, -0.2) is 23.3 Å². The molecule has 2 amide bonds. The number of carbonyl (C=O) groups is 2. The Morgan fingerprint density at radius 2 is 1.84 bits per heavy atom. The van der Waals surface area contributed by atoms with Crippen LogP contribution in [0.25, 0.3) is 0 Å². The molecular weight excluding hydrogens is 242 g/mol. The second kappa shape index (κ2) is 6.30. The van der Waals surface area contributed by atoms with E-state index in [0.29, 0.717) is 11.3 Å². The fourth-order valence-electron chi connectivity index (χ4n) is 1.49. The zero-order valence-electron chi connectivity index (χ0n) is 10.2. The van der Waals surface area contributed by atoms with E-state index in [9.17, 15) is 9.59 Å². The molecule has 0 unspecified atom stereocenters. The molecule has 0 saturated heterocycles. The van der Waals surface area contributed by atoms with Gasteiger partial charge in [-0.15, -0.1) is 0 Å². The van der Waals surface area contributed by atoms with Gasteiger partial charge in [-0.2, -0.15) is 0 Å². The van der Waals surface area contributed by atoms with Crippen LogP contribution in [0.5, 0.6) is 0 Å². The Morgan fingerprint density at radius 1 is 1.05 bits per heavy atom. The number of nitrogens with one attached hydrogen (secondary N) is 2. The fourth-order valence-corrected chi connectivity index (χ4v) is 1.49. The van der Waals surface area contributed by atoms with Gasteiger partial charge in [-0.05, 0) is 24.3 Å². The van der Waals surface area contributed by atoms with E-state index in [1.807, 2.05) is 6.07 Å². The predicted molar refractivity (Wildman–Crippen MR) is 71.6 cm³/mol. The van der Waals surface area contributed by atoms with Gasteiger partial charge in [-0.3, -0.25) is 14.6 Å². The van der Waals surface area contributed by atoms with Crippen molar-refractivity contribution in [3.8, 4) is 0 Å². The van der Waals surface area contributed by atoms with Crippen molar-refractivity contribution in [2.75, 3.05) is 11.9 Å². The molecule has 1 heterocycles. The number of benzene rings is 1. The molecule has 0 aliphatic heterocycles. The maximum atomic E-state index is 11.7. The molecule has 2 aromatic rings. The van der Waals surface area contributed by atoms with Crippen LogP contribution >= 0.6 is 0 Å². The largest absolute Gasteiger partial charge is 0.343 e. The van der Waals surface area contributed by atoms with Crippen LogP contribution in [0.15, 0.2) is 54.9 Å². The summed E-state index contributed by atoms with van der Waals surface area (Å²) in [6, 6.07) is 12.2. The summed E-state index contributed by atoms with van der Waals surface area (Å²) in [4.78, 5) is 27.2. The SMILES string of the molecule is O=C(CNC(=O)c1ccccc1)Nc1cccnc1. The number of pyridine rings is 1. The minimum absolute atomic E-state index is 0.0807. The number of hydrogen-bond donors (Lipinski definition) is 2. The quantitative estimate of drug-likeness (QED) is 0.868. The highest BCUT2D eigenvalue weighted by atomic mass is 16.2. The average molecular weight is 255 g/mol. The van der Waals surface area contributed by atoms with Crippen LogP contribution in [0.4, 0.5) is 5.69 Å². The third-order valence-corrected chi connectivity index (χ3v) is 2.39. The molecule has 0 radical (unpaired) electrons. The summed E-state index contributed by atoms with van der Waals surface area (Å²) in [5.74, 6) is -0.570. The first-order valence-corrected chi connectivity index (χ1v) is 5.79. The van der Waals surface area contributed by atoms with Crippen molar-refractivity contribution in [1.82, 2.24) is 10.3 Å². The van der Waals surface area contributed by atoms with Crippen LogP contribution in [-0.2, 0) is 4.79 Å². The van der Waals surface area contributed by atoms with Gasteiger partial charge in [0.05, 0.1) is 18.4 Å². The Morgan fingerprint density at radius 3 is 2.53 bits per heavy atom. The second-order valence-corrected chi connectivity index (χ2v) is 3.84. The first-order valence-electron chi connectivity index (χ1n) is 5.79. The maximum absolute atomic E-state index is 11.7. The van der Waals surface area contributed by atoms with E-state index in [0.717, 1.165) is 0 Å². The van der Waals surface area contributed by atoms with Crippen molar-refractivity contribution >= 4 is 17.5 Å². The van der Waals surface area contributed by atoms with Crippen molar-refractivity contribution in [2.45, 2.75) is 0 Å². The predicted octanol–water partition coefficient (Wildman–Crippen LogP) is 1.45. The summed E-state index contributed by atoms with van der Waals surface area (Å²) in [7, 11) is 0. The van der Waals surface area contributed by atoms with E-state index in [1.54, 1.807) is 42.6 Å². The molecule has 0 fully saturated rings. The van der Waals surface area contributed by atoms with Gasteiger partial charge in [0.2, 0.25) is 5.91 Å². The summed E-state index contributed by atoms with van der Waals surface area (Å²) in [6.45, 7) is -0.0807. The summed E-state index contributed by atoms with van der Waals surface area (Å²) in [5.41, 5.74) is 1.12. The third kappa shape index (κ3) is 3.92. The lowest BCUT2D eigenvalue weighted by Crippen LogP contribution is -2.32. The smallest absolute Gasteiger partial charge is 0.251 e. The maximum Gasteiger partial charge on any atom is 0.251 e. The minimum atomic E-state index is -0.294. The van der Waals surface area contributed by atoms with Gasteiger partial charge in [0.15, 0.2) is 0 Å². The number of aromatic nitrogens is 1. The number of carbonyl (C=O) groups excluding carboxylic acids is 2. The number of rotatable bonds is 4. The summed E-state index contributed by atoms with van der Waals surface area (Å²) >= 11 is 0. The topological polar surface area (TPSA) is 71.1 Å². The van der Waals surface area contributed by atoms with Crippen LogP contribution in [0, 0.1) is 0 Å². The van der Waals surface area contributed by atoms with Crippen LogP contribution in [0.3, 0.4) is 0 Å². The van der Waals surface area contributed by atoms with Crippen molar-refractivity contribution < 1.29 is 9.59 Å². The lowest BCUT2D eigenvalue weighted by Gasteiger charge is -2.06.